The van der Waals surface area contributed by atoms with Crippen LogP contribution in [0, 0.1) is 0 Å². The highest BCUT2D eigenvalue weighted by Crippen LogP contribution is 2.36. The maximum atomic E-state index is 12.2. The SMILES string of the molecule is COC(=O)CCCCN(CCc1ccccc1OCc1ccc2c(c1)CCC2)C1CCCc2cc(C(=O)OC)ccc21. The largest absolute Gasteiger partial charge is 0.489 e. The van der Waals surface area contributed by atoms with Gasteiger partial charge in [0.1, 0.15) is 12.4 Å². The molecule has 0 aliphatic heterocycles. The molecule has 42 heavy (non-hydrogen) atoms. The molecule has 3 aromatic rings. The summed E-state index contributed by atoms with van der Waals surface area (Å²) in [4.78, 5) is 26.4. The minimum Gasteiger partial charge on any atom is -0.489 e. The van der Waals surface area contributed by atoms with Gasteiger partial charge in [0.05, 0.1) is 19.8 Å². The van der Waals surface area contributed by atoms with E-state index in [9.17, 15) is 9.59 Å². The molecule has 2 aliphatic carbocycles. The molecule has 1 unspecified atom stereocenters. The van der Waals surface area contributed by atoms with Crippen LogP contribution in [0.3, 0.4) is 0 Å². The van der Waals surface area contributed by atoms with Crippen molar-refractivity contribution in [1.29, 1.82) is 0 Å². The first-order chi connectivity index (χ1) is 20.6. The van der Waals surface area contributed by atoms with Crippen LogP contribution in [0.2, 0.25) is 0 Å². The molecule has 0 heterocycles. The number of aryl methyl sites for hydroxylation is 3. The predicted molar refractivity (Wildman–Crippen MR) is 164 cm³/mol. The van der Waals surface area contributed by atoms with Gasteiger partial charge >= 0.3 is 11.9 Å². The summed E-state index contributed by atoms with van der Waals surface area (Å²) in [5, 5.41) is 0. The van der Waals surface area contributed by atoms with E-state index in [1.807, 2.05) is 18.2 Å². The summed E-state index contributed by atoms with van der Waals surface area (Å²) in [5.41, 5.74) is 8.51. The van der Waals surface area contributed by atoms with E-state index >= 15 is 0 Å². The van der Waals surface area contributed by atoms with Crippen LogP contribution >= 0.6 is 0 Å². The number of rotatable bonds is 13. The number of benzene rings is 3. The van der Waals surface area contributed by atoms with Gasteiger partial charge in [0.25, 0.3) is 0 Å². The van der Waals surface area contributed by atoms with Gasteiger partial charge in [0.2, 0.25) is 0 Å². The van der Waals surface area contributed by atoms with Gasteiger partial charge in [0, 0.05) is 19.0 Å². The highest BCUT2D eigenvalue weighted by Gasteiger charge is 2.27. The molecule has 0 spiro atoms. The van der Waals surface area contributed by atoms with E-state index in [0.29, 0.717) is 18.6 Å². The summed E-state index contributed by atoms with van der Waals surface area (Å²) < 4.78 is 16.2. The van der Waals surface area contributed by atoms with Crippen molar-refractivity contribution in [1.82, 2.24) is 4.90 Å². The normalized spacial score (nSPS) is 15.6. The summed E-state index contributed by atoms with van der Waals surface area (Å²) in [5.74, 6) is 0.487. The molecule has 2 aliphatic rings. The Morgan fingerprint density at radius 1 is 0.833 bits per heavy atom. The third-order valence-electron chi connectivity index (χ3n) is 8.79. The lowest BCUT2D eigenvalue weighted by molar-refractivity contribution is -0.140. The highest BCUT2D eigenvalue weighted by atomic mass is 16.5. The summed E-state index contributed by atoms with van der Waals surface area (Å²) in [6, 6.07) is 21.4. The third kappa shape index (κ3) is 7.40. The molecular weight excluding hydrogens is 526 g/mol. The molecule has 0 bridgehead atoms. The second-order valence-electron chi connectivity index (χ2n) is 11.5. The average molecular weight is 570 g/mol. The Balaban J connectivity index is 1.29. The molecule has 0 saturated carbocycles. The Morgan fingerprint density at radius 2 is 1.67 bits per heavy atom. The van der Waals surface area contributed by atoms with E-state index in [0.717, 1.165) is 57.4 Å². The van der Waals surface area contributed by atoms with Gasteiger partial charge in [-0.1, -0.05) is 42.5 Å². The first-order valence-electron chi connectivity index (χ1n) is 15.4. The molecule has 0 N–H and O–H groups in total. The summed E-state index contributed by atoms with van der Waals surface area (Å²) in [7, 11) is 2.87. The fourth-order valence-corrected chi connectivity index (χ4v) is 6.51. The van der Waals surface area contributed by atoms with E-state index in [2.05, 4.69) is 47.4 Å². The Labute approximate surface area is 250 Å². The molecule has 6 nitrogen and oxygen atoms in total. The van der Waals surface area contributed by atoms with Crippen molar-refractivity contribution in [2.45, 2.75) is 76.9 Å². The molecule has 3 aromatic carbocycles. The highest BCUT2D eigenvalue weighted by molar-refractivity contribution is 5.89. The Kier molecular flexibility index (Phi) is 10.3. The predicted octanol–water partition coefficient (Wildman–Crippen LogP) is 6.81. The van der Waals surface area contributed by atoms with Crippen molar-refractivity contribution in [3.63, 3.8) is 0 Å². The number of methoxy groups -OCH3 is 2. The van der Waals surface area contributed by atoms with Crippen molar-refractivity contribution in [2.75, 3.05) is 27.3 Å². The van der Waals surface area contributed by atoms with Crippen LogP contribution in [-0.4, -0.2) is 44.1 Å². The zero-order chi connectivity index (χ0) is 29.3. The van der Waals surface area contributed by atoms with E-state index in [-0.39, 0.29) is 18.0 Å². The lowest BCUT2D eigenvalue weighted by Crippen LogP contribution is -2.34. The molecule has 0 saturated heterocycles. The van der Waals surface area contributed by atoms with E-state index in [4.69, 9.17) is 14.2 Å². The van der Waals surface area contributed by atoms with Crippen LogP contribution in [0.1, 0.15) is 88.3 Å². The van der Waals surface area contributed by atoms with Gasteiger partial charge in [0.15, 0.2) is 0 Å². The molecule has 222 valence electrons. The maximum Gasteiger partial charge on any atom is 0.337 e. The number of nitrogens with zero attached hydrogens (tertiary/aromatic N) is 1. The van der Waals surface area contributed by atoms with E-state index in [1.165, 1.54) is 66.9 Å². The zero-order valence-electron chi connectivity index (χ0n) is 25.0. The lowest BCUT2D eigenvalue weighted by Gasteiger charge is -2.36. The minimum absolute atomic E-state index is 0.158. The Hall–Kier alpha value is -3.64. The second-order valence-corrected chi connectivity index (χ2v) is 11.5. The summed E-state index contributed by atoms with van der Waals surface area (Å²) >= 11 is 0. The van der Waals surface area contributed by atoms with E-state index in [1.54, 1.807) is 0 Å². The van der Waals surface area contributed by atoms with Gasteiger partial charge in [-0.3, -0.25) is 9.69 Å². The molecule has 6 heteroatoms. The fourth-order valence-electron chi connectivity index (χ4n) is 6.51. The van der Waals surface area contributed by atoms with Gasteiger partial charge in [-0.25, -0.2) is 4.79 Å². The smallest absolute Gasteiger partial charge is 0.337 e. The number of hydrogen-bond donors (Lipinski definition) is 0. The number of carbonyl (C=O) groups excluding carboxylic acids is 2. The average Bonchev–Trinajstić information content (AvgIpc) is 3.51. The number of para-hydroxylation sites is 1. The maximum absolute atomic E-state index is 12.2. The first-order valence-corrected chi connectivity index (χ1v) is 15.4. The van der Waals surface area contributed by atoms with Gasteiger partial charge in [-0.05, 0) is 116 Å². The van der Waals surface area contributed by atoms with Crippen LogP contribution < -0.4 is 4.74 Å². The Bertz CT molecular complexity index is 1380. The molecule has 0 radical (unpaired) electrons. The summed E-state index contributed by atoms with van der Waals surface area (Å²) in [6.07, 6.45) is 9.73. The number of hydrogen-bond acceptors (Lipinski definition) is 6. The van der Waals surface area contributed by atoms with Crippen LogP contribution in [0.5, 0.6) is 5.75 Å². The number of ether oxygens (including phenoxy) is 3. The minimum atomic E-state index is -0.295. The van der Waals surface area contributed by atoms with Gasteiger partial charge < -0.3 is 14.2 Å². The van der Waals surface area contributed by atoms with Crippen LogP contribution in [0.15, 0.2) is 60.7 Å². The zero-order valence-corrected chi connectivity index (χ0v) is 25.0. The number of esters is 2. The van der Waals surface area contributed by atoms with Gasteiger partial charge in [-0.15, -0.1) is 0 Å². The van der Waals surface area contributed by atoms with Crippen molar-refractivity contribution < 1.29 is 23.8 Å². The van der Waals surface area contributed by atoms with Crippen LogP contribution in [0.25, 0.3) is 0 Å². The number of unbranched alkanes of at least 4 members (excludes halogenated alkanes) is 1. The number of carbonyl (C=O) groups is 2. The van der Waals surface area contributed by atoms with Crippen molar-refractivity contribution >= 4 is 11.9 Å². The Morgan fingerprint density at radius 3 is 2.52 bits per heavy atom. The molecule has 0 fully saturated rings. The van der Waals surface area contributed by atoms with Crippen LogP contribution in [0.4, 0.5) is 0 Å². The second kappa shape index (κ2) is 14.5. The lowest BCUT2D eigenvalue weighted by atomic mass is 9.85. The van der Waals surface area contributed by atoms with Gasteiger partial charge in [-0.2, -0.15) is 0 Å². The molecule has 5 rings (SSSR count). The standard InChI is InChI=1S/C36H43NO5/c1-40-35(38)15-5-6-21-37(33-13-8-12-30-24-31(36(39)41-2)18-19-32(30)33)22-20-28-9-3-4-14-34(28)42-25-26-16-17-27-10-7-11-29(27)23-26/h3-4,9,14,16-19,23-24,33H,5-8,10-13,15,20-22,25H2,1-2H3. The molecule has 0 aromatic heterocycles. The van der Waals surface area contributed by atoms with Crippen molar-refractivity contribution in [2.24, 2.45) is 0 Å². The molecule has 0 amide bonds. The number of fused-ring (bicyclic) bond motifs is 2. The van der Waals surface area contributed by atoms with Crippen molar-refractivity contribution in [3.8, 4) is 5.75 Å². The van der Waals surface area contributed by atoms with Crippen molar-refractivity contribution in [3.05, 3.63) is 99.6 Å². The topological polar surface area (TPSA) is 65.1 Å². The van der Waals surface area contributed by atoms with E-state index < -0.39 is 0 Å². The molecular formula is C36H43NO5. The quantitative estimate of drug-likeness (QED) is 0.167. The fraction of sp³-hybridized carbons (Fsp3) is 0.444. The first kappa shape index (κ1) is 29.8. The third-order valence-corrected chi connectivity index (χ3v) is 8.79. The monoisotopic (exact) mass is 569 g/mol. The molecule has 1 atom stereocenters. The van der Waals surface area contributed by atoms with Crippen LogP contribution in [-0.2, 0) is 46.6 Å². The summed E-state index contributed by atoms with van der Waals surface area (Å²) in [6.45, 7) is 2.33.